The van der Waals surface area contributed by atoms with Crippen LogP contribution in [0.15, 0.2) is 35.5 Å². The Labute approximate surface area is 208 Å². The molecule has 11 heteroatoms. The lowest BCUT2D eigenvalue weighted by Gasteiger charge is -2.36. The summed E-state index contributed by atoms with van der Waals surface area (Å²) in [6, 6.07) is 9.69. The molecule has 1 aromatic heterocycles. The number of ether oxygens (including phenoxy) is 1. The molecule has 33 heavy (non-hydrogen) atoms. The average molecular weight is 511 g/mol. The number of thioether (sulfide) groups is 1. The number of aromatic nitrogens is 2. The lowest BCUT2D eigenvalue weighted by Crippen LogP contribution is -2.46. The van der Waals surface area contributed by atoms with Crippen molar-refractivity contribution in [3.63, 3.8) is 0 Å². The van der Waals surface area contributed by atoms with E-state index in [0.717, 1.165) is 75.6 Å². The molecule has 0 unspecified atom stereocenters. The van der Waals surface area contributed by atoms with Crippen LogP contribution in [0.4, 0.5) is 11.5 Å². The Hall–Kier alpha value is -1.78. The SMILES string of the molecule is O=C(CSc1nc(Cl)cc(N2CCN(c3cccc(Cl)c3)CC2)n1)NCCN1CCOCC1. The number of nitrogens with one attached hydrogen (secondary N) is 1. The van der Waals surface area contributed by atoms with E-state index in [0.29, 0.717) is 16.9 Å². The zero-order valence-corrected chi connectivity index (χ0v) is 20.7. The molecule has 0 radical (unpaired) electrons. The van der Waals surface area contributed by atoms with Crippen molar-refractivity contribution < 1.29 is 9.53 Å². The first-order valence-corrected chi connectivity index (χ1v) is 12.8. The molecule has 0 spiro atoms. The molecule has 8 nitrogen and oxygen atoms in total. The van der Waals surface area contributed by atoms with E-state index >= 15 is 0 Å². The first-order chi connectivity index (χ1) is 16.1. The predicted molar refractivity (Wildman–Crippen MR) is 134 cm³/mol. The number of carbonyl (C=O) groups is 1. The first-order valence-electron chi connectivity index (χ1n) is 11.1. The molecule has 0 bridgehead atoms. The van der Waals surface area contributed by atoms with Crippen LogP contribution in [0.5, 0.6) is 0 Å². The van der Waals surface area contributed by atoms with Gasteiger partial charge >= 0.3 is 0 Å². The second-order valence-electron chi connectivity index (χ2n) is 7.88. The zero-order chi connectivity index (χ0) is 23.0. The van der Waals surface area contributed by atoms with Crippen molar-refractivity contribution >= 4 is 52.4 Å². The van der Waals surface area contributed by atoms with Crippen molar-refractivity contribution in [1.82, 2.24) is 20.2 Å². The number of halogens is 2. The molecule has 2 aromatic rings. The lowest BCUT2D eigenvalue weighted by atomic mass is 10.2. The molecular formula is C22H28Cl2N6O2S. The van der Waals surface area contributed by atoms with Gasteiger partial charge in [-0.3, -0.25) is 9.69 Å². The van der Waals surface area contributed by atoms with E-state index < -0.39 is 0 Å². The quantitative estimate of drug-likeness (QED) is 0.330. The third-order valence-electron chi connectivity index (χ3n) is 5.62. The van der Waals surface area contributed by atoms with Crippen LogP contribution in [0, 0.1) is 0 Å². The summed E-state index contributed by atoms with van der Waals surface area (Å²) >= 11 is 13.7. The number of piperazine rings is 1. The smallest absolute Gasteiger partial charge is 0.230 e. The Morgan fingerprint density at radius 2 is 1.79 bits per heavy atom. The fourth-order valence-corrected chi connectivity index (χ4v) is 4.93. The molecule has 1 amide bonds. The van der Waals surface area contributed by atoms with Crippen molar-refractivity contribution in [2.75, 3.05) is 81.1 Å². The van der Waals surface area contributed by atoms with Crippen molar-refractivity contribution in [1.29, 1.82) is 0 Å². The number of benzene rings is 1. The van der Waals surface area contributed by atoms with Crippen molar-refractivity contribution in [3.05, 3.63) is 40.5 Å². The number of anilines is 2. The number of nitrogens with zero attached hydrogens (tertiary/aromatic N) is 5. The summed E-state index contributed by atoms with van der Waals surface area (Å²) in [7, 11) is 0. The van der Waals surface area contributed by atoms with Crippen molar-refractivity contribution in [3.8, 4) is 0 Å². The van der Waals surface area contributed by atoms with Gasteiger partial charge in [0.15, 0.2) is 5.16 Å². The molecule has 2 aliphatic rings. The Morgan fingerprint density at radius 3 is 2.55 bits per heavy atom. The van der Waals surface area contributed by atoms with E-state index in [-0.39, 0.29) is 11.7 Å². The van der Waals surface area contributed by atoms with Gasteiger partial charge in [0.2, 0.25) is 5.91 Å². The van der Waals surface area contributed by atoms with E-state index in [1.54, 1.807) is 6.07 Å². The van der Waals surface area contributed by atoms with E-state index in [4.69, 9.17) is 27.9 Å². The van der Waals surface area contributed by atoms with Gasteiger partial charge in [0, 0.05) is 69.1 Å². The fraction of sp³-hybridized carbons (Fsp3) is 0.500. The summed E-state index contributed by atoms with van der Waals surface area (Å²) < 4.78 is 5.34. The molecule has 1 aromatic carbocycles. The highest BCUT2D eigenvalue weighted by molar-refractivity contribution is 7.99. The minimum atomic E-state index is -0.0338. The molecule has 2 fully saturated rings. The van der Waals surface area contributed by atoms with Gasteiger partial charge in [-0.1, -0.05) is 41.0 Å². The van der Waals surface area contributed by atoms with Crippen LogP contribution in [-0.4, -0.2) is 92.1 Å². The Balaban J connectivity index is 1.25. The third kappa shape index (κ3) is 7.35. The summed E-state index contributed by atoms with van der Waals surface area (Å²) in [5.41, 5.74) is 1.12. The lowest BCUT2D eigenvalue weighted by molar-refractivity contribution is -0.118. The molecule has 3 heterocycles. The van der Waals surface area contributed by atoms with Gasteiger partial charge in [-0.25, -0.2) is 9.97 Å². The number of hydrogen-bond donors (Lipinski definition) is 1. The maximum Gasteiger partial charge on any atom is 0.230 e. The van der Waals surface area contributed by atoms with Crippen molar-refractivity contribution in [2.24, 2.45) is 0 Å². The van der Waals surface area contributed by atoms with Gasteiger partial charge in [0.1, 0.15) is 11.0 Å². The summed E-state index contributed by atoms with van der Waals surface area (Å²) in [4.78, 5) is 28.0. The molecule has 4 rings (SSSR count). The Kier molecular flexibility index (Phi) is 8.91. The minimum absolute atomic E-state index is 0.0338. The molecule has 178 valence electrons. The van der Waals surface area contributed by atoms with Crippen LogP contribution in [0.1, 0.15) is 0 Å². The topological polar surface area (TPSA) is 73.8 Å². The normalized spacial score (nSPS) is 17.3. The average Bonchev–Trinajstić information content (AvgIpc) is 2.83. The maximum absolute atomic E-state index is 12.2. The van der Waals surface area contributed by atoms with Crippen LogP contribution >= 0.6 is 35.0 Å². The molecule has 0 atom stereocenters. The molecule has 1 N–H and O–H groups in total. The van der Waals surface area contributed by atoms with Crippen LogP contribution in [0.2, 0.25) is 10.2 Å². The summed E-state index contributed by atoms with van der Waals surface area (Å²) in [6.07, 6.45) is 0. The highest BCUT2D eigenvalue weighted by Gasteiger charge is 2.20. The van der Waals surface area contributed by atoms with Crippen LogP contribution in [-0.2, 0) is 9.53 Å². The first kappa shape index (κ1) is 24.3. The standard InChI is InChI=1S/C22H28Cl2N6O2S/c23-17-2-1-3-18(14-17)29-6-8-30(9-7-29)20-15-19(24)26-22(27-20)33-16-21(31)25-4-5-28-10-12-32-13-11-28/h1-3,14-15H,4-13,16H2,(H,25,31). The molecule has 2 saturated heterocycles. The van der Waals surface area contributed by atoms with Crippen LogP contribution in [0.25, 0.3) is 0 Å². The highest BCUT2D eigenvalue weighted by Crippen LogP contribution is 2.25. The zero-order valence-electron chi connectivity index (χ0n) is 18.4. The molecule has 2 aliphatic heterocycles. The minimum Gasteiger partial charge on any atom is -0.379 e. The number of rotatable bonds is 8. The van der Waals surface area contributed by atoms with Gasteiger partial charge in [-0.15, -0.1) is 0 Å². The number of hydrogen-bond acceptors (Lipinski definition) is 8. The second-order valence-corrected chi connectivity index (χ2v) is 9.64. The van der Waals surface area contributed by atoms with Gasteiger partial charge in [-0.2, -0.15) is 0 Å². The summed E-state index contributed by atoms with van der Waals surface area (Å²) in [5, 5.41) is 4.60. The monoisotopic (exact) mass is 510 g/mol. The van der Waals surface area contributed by atoms with E-state index in [2.05, 4.69) is 36.1 Å². The summed E-state index contributed by atoms with van der Waals surface area (Å²) in [6.45, 7) is 8.14. The largest absolute Gasteiger partial charge is 0.379 e. The van der Waals surface area contributed by atoms with Gasteiger partial charge < -0.3 is 19.9 Å². The Bertz CT molecular complexity index is 939. The van der Waals surface area contributed by atoms with E-state index in [1.807, 2.05) is 18.2 Å². The van der Waals surface area contributed by atoms with Crippen LogP contribution in [0.3, 0.4) is 0 Å². The van der Waals surface area contributed by atoms with Crippen molar-refractivity contribution in [2.45, 2.75) is 5.16 Å². The third-order valence-corrected chi connectivity index (χ3v) is 6.90. The van der Waals surface area contributed by atoms with Gasteiger partial charge in [-0.05, 0) is 18.2 Å². The molecular weight excluding hydrogens is 483 g/mol. The fourth-order valence-electron chi connectivity index (χ4n) is 3.84. The Morgan fingerprint density at radius 1 is 1.03 bits per heavy atom. The van der Waals surface area contributed by atoms with E-state index in [1.165, 1.54) is 11.8 Å². The second kappa shape index (κ2) is 12.1. The van der Waals surface area contributed by atoms with Gasteiger partial charge in [0.05, 0.1) is 19.0 Å². The van der Waals surface area contributed by atoms with Crippen LogP contribution < -0.4 is 15.1 Å². The maximum atomic E-state index is 12.2. The number of morpholine rings is 1. The summed E-state index contributed by atoms with van der Waals surface area (Å²) in [5.74, 6) is 1.01. The molecule has 0 aliphatic carbocycles. The molecule has 0 saturated carbocycles. The predicted octanol–water partition coefficient (Wildman–Crippen LogP) is 2.65. The number of carbonyl (C=O) groups excluding carboxylic acids is 1. The van der Waals surface area contributed by atoms with E-state index in [9.17, 15) is 4.79 Å². The van der Waals surface area contributed by atoms with Gasteiger partial charge in [0.25, 0.3) is 0 Å². The highest BCUT2D eigenvalue weighted by atomic mass is 35.5. The number of amides is 1.